The van der Waals surface area contributed by atoms with Gasteiger partial charge >= 0.3 is 6.03 Å². The molecule has 0 atom stereocenters. The number of nitrogens with one attached hydrogen (secondary N) is 2. The minimum atomic E-state index is -0.0112. The Morgan fingerprint density at radius 1 is 1.21 bits per heavy atom. The van der Waals surface area contributed by atoms with Crippen molar-refractivity contribution in [2.24, 2.45) is 10.7 Å². The van der Waals surface area contributed by atoms with Crippen LogP contribution in [0.4, 0.5) is 10.7 Å². The lowest BCUT2D eigenvalue weighted by Crippen LogP contribution is -2.56. The summed E-state index contributed by atoms with van der Waals surface area (Å²) in [5, 5.41) is 6.12. The van der Waals surface area contributed by atoms with Crippen LogP contribution in [0.1, 0.15) is 31.9 Å². The molecule has 9 nitrogen and oxygen atoms in total. The molecule has 0 aliphatic carbocycles. The second kappa shape index (κ2) is 11.1. The van der Waals surface area contributed by atoms with E-state index in [4.69, 9.17) is 5.73 Å². The van der Waals surface area contributed by atoms with E-state index in [2.05, 4.69) is 57.3 Å². The number of aromatic nitrogens is 2. The van der Waals surface area contributed by atoms with Crippen molar-refractivity contribution in [2.45, 2.75) is 39.8 Å². The fourth-order valence-electron chi connectivity index (χ4n) is 3.88. The van der Waals surface area contributed by atoms with Crippen LogP contribution in [0.5, 0.6) is 0 Å². The number of amides is 2. The predicted molar refractivity (Wildman–Crippen MR) is 138 cm³/mol. The summed E-state index contributed by atoms with van der Waals surface area (Å²) in [6, 6.07) is 7.96. The Bertz CT molecular complexity index is 1050. The number of urea groups is 1. The van der Waals surface area contributed by atoms with Crippen molar-refractivity contribution >= 4 is 18.2 Å². The molecule has 4 N–H and O–H groups in total. The first kappa shape index (κ1) is 25.2. The number of allylic oxidation sites excluding steroid dienone is 1. The van der Waals surface area contributed by atoms with E-state index >= 15 is 0 Å². The van der Waals surface area contributed by atoms with Gasteiger partial charge in [0.15, 0.2) is 0 Å². The number of benzene rings is 1. The number of carbonyl (C=O) groups excluding carboxylic acids is 1. The summed E-state index contributed by atoms with van der Waals surface area (Å²) in [6.45, 7) is 12.5. The van der Waals surface area contributed by atoms with E-state index in [0.717, 1.165) is 48.6 Å². The number of rotatable bonds is 6. The van der Waals surface area contributed by atoms with Gasteiger partial charge in [-0.3, -0.25) is 9.89 Å². The Kier molecular flexibility index (Phi) is 8.22. The van der Waals surface area contributed by atoms with Gasteiger partial charge in [0.1, 0.15) is 0 Å². The number of nitrogens with zero attached hydrogens (tertiary/aromatic N) is 5. The van der Waals surface area contributed by atoms with Gasteiger partial charge in [-0.05, 0) is 51.0 Å². The zero-order chi connectivity index (χ0) is 24.7. The smallest absolute Gasteiger partial charge is 0.317 e. The molecule has 0 saturated carbocycles. The highest BCUT2D eigenvalue weighted by molar-refractivity contribution is 5.82. The van der Waals surface area contributed by atoms with Gasteiger partial charge < -0.3 is 21.3 Å². The molecule has 2 heterocycles. The largest absolute Gasteiger partial charge is 0.403 e. The van der Waals surface area contributed by atoms with Crippen molar-refractivity contribution in [3.05, 3.63) is 53.5 Å². The molecule has 0 bridgehead atoms. The molecule has 1 aliphatic rings. The van der Waals surface area contributed by atoms with Crippen LogP contribution >= 0.6 is 0 Å². The van der Waals surface area contributed by atoms with E-state index in [1.807, 2.05) is 30.0 Å². The molecule has 34 heavy (non-hydrogen) atoms. The summed E-state index contributed by atoms with van der Waals surface area (Å²) in [7, 11) is 1.67. The van der Waals surface area contributed by atoms with Crippen molar-refractivity contribution < 1.29 is 4.79 Å². The SMILES string of the molecule is CN=CC(=CN)Nc1nccc(-c2ccc(CNC(=O)N3CCN(C(C)(C)C)CC3)c(C)c2)n1. The third-order valence-electron chi connectivity index (χ3n) is 5.94. The van der Waals surface area contributed by atoms with Gasteiger partial charge in [-0.25, -0.2) is 14.8 Å². The van der Waals surface area contributed by atoms with Crippen molar-refractivity contribution in [3.63, 3.8) is 0 Å². The van der Waals surface area contributed by atoms with Crippen molar-refractivity contribution in [2.75, 3.05) is 38.5 Å². The normalized spacial score (nSPS) is 15.6. The molecule has 2 amide bonds. The number of aryl methyl sites for hydroxylation is 1. The highest BCUT2D eigenvalue weighted by atomic mass is 16.2. The molecule has 3 rings (SSSR count). The Morgan fingerprint density at radius 3 is 2.56 bits per heavy atom. The van der Waals surface area contributed by atoms with Crippen molar-refractivity contribution in [3.8, 4) is 11.3 Å². The zero-order valence-corrected chi connectivity index (χ0v) is 20.8. The number of anilines is 1. The Labute approximate surface area is 202 Å². The summed E-state index contributed by atoms with van der Waals surface area (Å²) in [5.74, 6) is 0.439. The molecular weight excluding hydrogens is 428 g/mol. The minimum Gasteiger partial charge on any atom is -0.403 e. The highest BCUT2D eigenvalue weighted by Crippen LogP contribution is 2.22. The van der Waals surface area contributed by atoms with Crippen LogP contribution in [0.3, 0.4) is 0 Å². The molecule has 0 unspecified atom stereocenters. The summed E-state index contributed by atoms with van der Waals surface area (Å²) in [5.41, 5.74) is 10.3. The molecule has 9 heteroatoms. The average molecular weight is 465 g/mol. The molecule has 0 radical (unpaired) electrons. The molecule has 0 spiro atoms. The third kappa shape index (κ3) is 6.54. The van der Waals surface area contributed by atoms with Crippen LogP contribution in [0, 0.1) is 6.92 Å². The lowest BCUT2D eigenvalue weighted by Gasteiger charge is -2.42. The molecule has 2 aromatic rings. The quantitative estimate of drug-likeness (QED) is 0.567. The fraction of sp³-hybridized carbons (Fsp3) is 0.440. The standard InChI is InChI=1S/C25H36N8O/c1-18-14-19(22-8-9-28-23(31-22)30-21(15-26)17-27-5)6-7-20(18)16-29-24(34)32-10-12-33(13-11-32)25(2,3)4/h6-9,14-15,17H,10-13,16,26H2,1-5H3,(H,29,34)(H,28,30,31). The first-order chi connectivity index (χ1) is 16.2. The number of piperazine rings is 1. The molecule has 1 aliphatic heterocycles. The molecular formula is C25H36N8O. The second-order valence-electron chi connectivity index (χ2n) is 9.34. The Hall–Kier alpha value is -3.46. The monoisotopic (exact) mass is 464 g/mol. The summed E-state index contributed by atoms with van der Waals surface area (Å²) < 4.78 is 0. The van der Waals surface area contributed by atoms with Crippen molar-refractivity contribution in [1.82, 2.24) is 25.1 Å². The maximum absolute atomic E-state index is 12.7. The number of hydrogen-bond acceptors (Lipinski definition) is 7. The molecule has 1 fully saturated rings. The topological polar surface area (TPSA) is 112 Å². The van der Waals surface area contributed by atoms with Gasteiger partial charge in [0.05, 0.1) is 11.4 Å². The molecule has 1 saturated heterocycles. The second-order valence-corrected chi connectivity index (χ2v) is 9.34. The maximum atomic E-state index is 12.7. The average Bonchev–Trinajstić information content (AvgIpc) is 2.82. The molecule has 1 aromatic carbocycles. The summed E-state index contributed by atoms with van der Waals surface area (Å²) >= 11 is 0. The first-order valence-corrected chi connectivity index (χ1v) is 11.5. The summed E-state index contributed by atoms with van der Waals surface area (Å²) in [6.07, 6.45) is 4.72. The van der Waals surface area contributed by atoms with Crippen LogP contribution in [0.2, 0.25) is 0 Å². The van der Waals surface area contributed by atoms with E-state index < -0.39 is 0 Å². The maximum Gasteiger partial charge on any atom is 0.317 e. The van der Waals surface area contributed by atoms with Gasteiger partial charge in [0.25, 0.3) is 0 Å². The zero-order valence-electron chi connectivity index (χ0n) is 20.8. The number of aliphatic imine (C=N–C) groups is 1. The number of hydrogen-bond donors (Lipinski definition) is 3. The van der Waals surface area contributed by atoms with E-state index in [0.29, 0.717) is 18.2 Å². The molecule has 1 aromatic heterocycles. The van der Waals surface area contributed by atoms with Gasteiger partial charge in [-0.1, -0.05) is 12.1 Å². The van der Waals surface area contributed by atoms with Crippen molar-refractivity contribution in [1.29, 1.82) is 0 Å². The lowest BCUT2D eigenvalue weighted by molar-refractivity contribution is 0.0742. The van der Waals surface area contributed by atoms with E-state index in [1.165, 1.54) is 6.20 Å². The van der Waals surface area contributed by atoms with E-state index in [-0.39, 0.29) is 11.6 Å². The lowest BCUT2D eigenvalue weighted by atomic mass is 10.0. The predicted octanol–water partition coefficient (Wildman–Crippen LogP) is 2.99. The first-order valence-electron chi connectivity index (χ1n) is 11.5. The van der Waals surface area contributed by atoms with Gasteiger partial charge in [-0.15, -0.1) is 0 Å². The van der Waals surface area contributed by atoms with Crippen LogP contribution in [0.15, 0.2) is 47.4 Å². The molecule has 182 valence electrons. The number of nitrogens with two attached hydrogens (primary N) is 1. The van der Waals surface area contributed by atoms with E-state index in [1.54, 1.807) is 19.5 Å². The highest BCUT2D eigenvalue weighted by Gasteiger charge is 2.27. The Morgan fingerprint density at radius 2 is 1.94 bits per heavy atom. The fourth-order valence-corrected chi connectivity index (χ4v) is 3.88. The van der Waals surface area contributed by atoms with Crippen LogP contribution in [0.25, 0.3) is 11.3 Å². The van der Waals surface area contributed by atoms with Gasteiger partial charge in [0, 0.05) is 69.5 Å². The van der Waals surface area contributed by atoms with Crippen LogP contribution in [-0.4, -0.2) is 70.8 Å². The number of carbonyl (C=O) groups is 1. The third-order valence-corrected chi connectivity index (χ3v) is 5.94. The van der Waals surface area contributed by atoms with Crippen LogP contribution in [-0.2, 0) is 6.54 Å². The summed E-state index contributed by atoms with van der Waals surface area (Å²) in [4.78, 5) is 29.8. The van der Waals surface area contributed by atoms with E-state index in [9.17, 15) is 4.79 Å². The van der Waals surface area contributed by atoms with Gasteiger partial charge in [-0.2, -0.15) is 0 Å². The van der Waals surface area contributed by atoms with Gasteiger partial charge in [0.2, 0.25) is 5.95 Å². The Balaban J connectivity index is 1.60. The minimum absolute atomic E-state index is 0.0112. The van der Waals surface area contributed by atoms with Crippen LogP contribution < -0.4 is 16.4 Å².